The number of nitrogens with one attached hydrogen (secondary N) is 1. The standard InChI is InChI=1S/C18H26N4O5S/c1-12-15(28(19,25)26)9-14(27-12)16(23)20-13-3-7-22(10-13)17(24)18-4-2-6-21(11-18)8-5-18/h9,13H,2-8,10-11H2,1H3,(H,20,23)(H2,19,25,26)/t13-,18?/m1/s1. The van der Waals surface area contributed by atoms with Crippen LogP contribution in [0.25, 0.3) is 0 Å². The third-order valence-electron chi connectivity index (χ3n) is 6.23. The lowest BCUT2D eigenvalue weighted by Crippen LogP contribution is -2.48. The van der Waals surface area contributed by atoms with Gasteiger partial charge in [0.2, 0.25) is 15.9 Å². The molecule has 3 aliphatic heterocycles. The van der Waals surface area contributed by atoms with E-state index < -0.39 is 15.9 Å². The molecule has 3 aliphatic rings. The summed E-state index contributed by atoms with van der Waals surface area (Å²) in [7, 11) is -3.94. The van der Waals surface area contributed by atoms with Gasteiger partial charge in [0, 0.05) is 31.7 Å². The molecular formula is C18H26N4O5S. The molecule has 2 unspecified atom stereocenters. The summed E-state index contributed by atoms with van der Waals surface area (Å²) in [6.07, 6.45) is 3.59. The third kappa shape index (κ3) is 3.44. The van der Waals surface area contributed by atoms with Crippen molar-refractivity contribution in [2.45, 2.75) is 43.5 Å². The Morgan fingerprint density at radius 3 is 2.79 bits per heavy atom. The summed E-state index contributed by atoms with van der Waals surface area (Å²) in [4.78, 5) is 29.6. The van der Waals surface area contributed by atoms with Crippen LogP contribution in [0.4, 0.5) is 0 Å². The van der Waals surface area contributed by atoms with Gasteiger partial charge in [-0.1, -0.05) is 0 Å². The molecule has 0 aliphatic carbocycles. The lowest BCUT2D eigenvalue weighted by Gasteiger charge is -2.35. The lowest BCUT2D eigenvalue weighted by molar-refractivity contribution is -0.141. The fourth-order valence-electron chi connectivity index (χ4n) is 4.79. The Kier molecular flexibility index (Phi) is 4.75. The Hall–Kier alpha value is -1.91. The second-order valence-electron chi connectivity index (χ2n) is 8.20. The number of fused-ring (bicyclic) bond motifs is 2. The summed E-state index contributed by atoms with van der Waals surface area (Å²) in [5, 5.41) is 7.96. The van der Waals surface area contributed by atoms with E-state index in [0.717, 1.165) is 45.0 Å². The molecule has 2 bridgehead atoms. The number of piperidine rings is 1. The number of nitrogens with two attached hydrogens (primary N) is 1. The maximum atomic E-state index is 13.1. The van der Waals surface area contributed by atoms with Crippen molar-refractivity contribution < 1.29 is 22.4 Å². The van der Waals surface area contributed by atoms with Gasteiger partial charge in [0.15, 0.2) is 5.76 Å². The van der Waals surface area contributed by atoms with E-state index in [1.807, 2.05) is 4.90 Å². The fraction of sp³-hybridized carbons (Fsp3) is 0.667. The number of aryl methyl sites for hydroxylation is 1. The summed E-state index contributed by atoms with van der Waals surface area (Å²) >= 11 is 0. The number of carbonyl (C=O) groups excluding carboxylic acids is 2. The molecule has 0 saturated carbocycles. The minimum atomic E-state index is -3.94. The number of primary sulfonamides is 1. The zero-order valence-electron chi connectivity index (χ0n) is 15.9. The monoisotopic (exact) mass is 410 g/mol. The van der Waals surface area contributed by atoms with Crippen molar-refractivity contribution in [1.82, 2.24) is 15.1 Å². The highest BCUT2D eigenvalue weighted by atomic mass is 32.2. The van der Waals surface area contributed by atoms with Gasteiger partial charge >= 0.3 is 0 Å². The van der Waals surface area contributed by atoms with Crippen LogP contribution in [0.5, 0.6) is 0 Å². The smallest absolute Gasteiger partial charge is 0.287 e. The molecule has 10 heteroatoms. The normalized spacial score (nSPS) is 29.9. The molecule has 1 aromatic rings. The van der Waals surface area contributed by atoms with E-state index in [1.165, 1.54) is 6.92 Å². The molecular weight excluding hydrogens is 384 g/mol. The van der Waals surface area contributed by atoms with Crippen molar-refractivity contribution in [1.29, 1.82) is 0 Å². The predicted molar refractivity (Wildman–Crippen MR) is 100.0 cm³/mol. The Bertz CT molecular complexity index is 907. The molecule has 2 amide bonds. The largest absolute Gasteiger partial charge is 0.455 e. The number of hydrogen-bond acceptors (Lipinski definition) is 6. The van der Waals surface area contributed by atoms with E-state index >= 15 is 0 Å². The highest BCUT2D eigenvalue weighted by Crippen LogP contribution is 2.41. The summed E-state index contributed by atoms with van der Waals surface area (Å²) in [6.45, 7) is 5.45. The molecule has 0 radical (unpaired) electrons. The molecule has 4 heterocycles. The number of likely N-dealkylation sites (tertiary alicyclic amines) is 1. The van der Waals surface area contributed by atoms with Gasteiger partial charge in [-0.2, -0.15) is 0 Å². The summed E-state index contributed by atoms with van der Waals surface area (Å²) in [6, 6.07) is 0.962. The number of hydrogen-bond donors (Lipinski definition) is 2. The van der Waals surface area contributed by atoms with E-state index in [0.29, 0.717) is 19.5 Å². The van der Waals surface area contributed by atoms with Crippen LogP contribution in [-0.4, -0.2) is 68.8 Å². The van der Waals surface area contributed by atoms with Crippen LogP contribution >= 0.6 is 0 Å². The number of amides is 2. The van der Waals surface area contributed by atoms with Crippen molar-refractivity contribution >= 4 is 21.8 Å². The minimum Gasteiger partial charge on any atom is -0.455 e. The molecule has 1 aromatic heterocycles. The number of furan rings is 1. The fourth-order valence-corrected chi connectivity index (χ4v) is 5.50. The first kappa shape index (κ1) is 19.4. The molecule has 3 saturated heterocycles. The highest BCUT2D eigenvalue weighted by molar-refractivity contribution is 7.89. The average molecular weight is 410 g/mol. The molecule has 0 spiro atoms. The maximum Gasteiger partial charge on any atom is 0.287 e. The SMILES string of the molecule is Cc1oc(C(=O)N[C@@H]2CCN(C(=O)C34CCCN(CC3)C4)C2)cc1S(N)(=O)=O. The Morgan fingerprint density at radius 1 is 1.29 bits per heavy atom. The van der Waals surface area contributed by atoms with Gasteiger partial charge in [-0.3, -0.25) is 9.59 Å². The number of carbonyl (C=O) groups is 2. The van der Waals surface area contributed by atoms with Gasteiger partial charge in [0.1, 0.15) is 10.7 Å². The summed E-state index contributed by atoms with van der Waals surface area (Å²) < 4.78 is 28.3. The van der Waals surface area contributed by atoms with E-state index in [1.54, 1.807) is 0 Å². The van der Waals surface area contributed by atoms with Gasteiger partial charge in [0.25, 0.3) is 5.91 Å². The second kappa shape index (κ2) is 6.85. The lowest BCUT2D eigenvalue weighted by atomic mass is 9.79. The molecule has 4 rings (SSSR count). The summed E-state index contributed by atoms with van der Waals surface area (Å²) in [5.41, 5.74) is -0.250. The maximum absolute atomic E-state index is 13.1. The average Bonchev–Trinajstić information content (AvgIpc) is 3.32. The van der Waals surface area contributed by atoms with E-state index in [9.17, 15) is 18.0 Å². The molecule has 0 aromatic carbocycles. The van der Waals surface area contributed by atoms with E-state index in [4.69, 9.17) is 9.56 Å². The minimum absolute atomic E-state index is 0.0815. The molecule has 9 nitrogen and oxygen atoms in total. The van der Waals surface area contributed by atoms with Gasteiger partial charge in [-0.25, -0.2) is 13.6 Å². The number of rotatable bonds is 4. The zero-order valence-corrected chi connectivity index (χ0v) is 16.8. The topological polar surface area (TPSA) is 126 Å². The highest BCUT2D eigenvalue weighted by Gasteiger charge is 2.49. The van der Waals surface area contributed by atoms with Gasteiger partial charge in [0.05, 0.1) is 5.41 Å². The third-order valence-corrected chi connectivity index (χ3v) is 7.25. The van der Waals surface area contributed by atoms with Crippen molar-refractivity contribution in [3.63, 3.8) is 0 Å². The Balaban J connectivity index is 1.39. The van der Waals surface area contributed by atoms with Crippen LogP contribution in [0.15, 0.2) is 15.4 Å². The first-order chi connectivity index (χ1) is 13.2. The summed E-state index contributed by atoms with van der Waals surface area (Å²) in [5.74, 6) is -0.307. The first-order valence-corrected chi connectivity index (χ1v) is 11.2. The molecule has 28 heavy (non-hydrogen) atoms. The zero-order chi connectivity index (χ0) is 20.1. The number of sulfonamides is 1. The van der Waals surface area contributed by atoms with Crippen molar-refractivity contribution in [2.24, 2.45) is 10.6 Å². The van der Waals surface area contributed by atoms with Crippen molar-refractivity contribution in [2.75, 3.05) is 32.7 Å². The van der Waals surface area contributed by atoms with Crippen LogP contribution in [0.2, 0.25) is 0 Å². The van der Waals surface area contributed by atoms with Crippen LogP contribution < -0.4 is 10.5 Å². The van der Waals surface area contributed by atoms with Crippen molar-refractivity contribution in [3.8, 4) is 0 Å². The molecule has 3 atom stereocenters. The van der Waals surface area contributed by atoms with Gasteiger partial charge in [-0.15, -0.1) is 0 Å². The van der Waals surface area contributed by atoms with Crippen LogP contribution in [0.3, 0.4) is 0 Å². The predicted octanol–water partition coefficient (Wildman–Crippen LogP) is 0.0520. The van der Waals surface area contributed by atoms with Crippen molar-refractivity contribution in [3.05, 3.63) is 17.6 Å². The first-order valence-electron chi connectivity index (χ1n) is 9.64. The molecule has 3 fully saturated rings. The van der Waals surface area contributed by atoms with Crippen LogP contribution in [0.1, 0.15) is 42.0 Å². The number of nitrogens with zero attached hydrogens (tertiary/aromatic N) is 2. The second-order valence-corrected chi connectivity index (χ2v) is 9.73. The van der Waals surface area contributed by atoms with Gasteiger partial charge < -0.3 is 19.5 Å². The van der Waals surface area contributed by atoms with E-state index in [2.05, 4.69) is 10.2 Å². The Morgan fingerprint density at radius 2 is 2.07 bits per heavy atom. The van der Waals surface area contributed by atoms with E-state index in [-0.39, 0.29) is 33.8 Å². The van der Waals surface area contributed by atoms with Crippen LogP contribution in [-0.2, 0) is 14.8 Å². The molecule has 154 valence electrons. The van der Waals surface area contributed by atoms with Crippen LogP contribution in [0, 0.1) is 12.3 Å². The van der Waals surface area contributed by atoms with Gasteiger partial charge in [-0.05, 0) is 45.7 Å². The quantitative estimate of drug-likeness (QED) is 0.722. The Labute approximate surface area is 164 Å². The molecule has 3 N–H and O–H groups in total.